The first-order valence-corrected chi connectivity index (χ1v) is 10.9. The van der Waals surface area contributed by atoms with Crippen LogP contribution < -0.4 is 5.56 Å². The fourth-order valence-corrected chi connectivity index (χ4v) is 5.21. The Morgan fingerprint density at radius 1 is 1.20 bits per heavy atom. The van der Waals surface area contributed by atoms with Gasteiger partial charge in [-0.2, -0.15) is 0 Å². The number of fused-ring (bicyclic) bond motifs is 4. The molecule has 3 aliphatic rings. The number of carbonyl (C=O) groups is 1. The molecule has 2 atom stereocenters. The van der Waals surface area contributed by atoms with Crippen LogP contribution in [-0.2, 0) is 24.9 Å². The molecule has 160 valence electrons. The van der Waals surface area contributed by atoms with Crippen molar-refractivity contribution >= 4 is 5.91 Å². The van der Waals surface area contributed by atoms with Crippen molar-refractivity contribution < 1.29 is 9.53 Å². The lowest BCUT2D eigenvalue weighted by Crippen LogP contribution is -2.48. The van der Waals surface area contributed by atoms with E-state index in [0.29, 0.717) is 50.2 Å². The van der Waals surface area contributed by atoms with Crippen molar-refractivity contribution in [2.75, 3.05) is 39.4 Å². The predicted octanol–water partition coefficient (Wildman–Crippen LogP) is 1.06. The molecule has 2 fully saturated rings. The van der Waals surface area contributed by atoms with Crippen LogP contribution in [0, 0.1) is 5.92 Å². The topological polar surface area (TPSA) is 72.6 Å². The Morgan fingerprint density at radius 2 is 2.10 bits per heavy atom. The molecule has 0 aliphatic carbocycles. The molecular formula is C22H29N5O3. The number of aromatic nitrogens is 3. The summed E-state index contributed by atoms with van der Waals surface area (Å²) in [6, 6.07) is 3.76. The standard InChI is InChI=1S/C22H29N5O3/c1-24-7-5-23-20(24)15-25-12-16-11-17(14-25)19-4-3-18(22(29)27(19)13-16)21(28)26-6-2-9-30-10-8-26/h3-5,7,16-17H,2,6,8-15H2,1H3/t16-,17+/m0/s1. The highest BCUT2D eigenvalue weighted by Gasteiger charge is 2.36. The molecule has 0 radical (unpaired) electrons. The van der Waals surface area contributed by atoms with Crippen LogP contribution in [0.5, 0.6) is 0 Å². The number of imidazole rings is 1. The van der Waals surface area contributed by atoms with Crippen molar-refractivity contribution in [2.24, 2.45) is 13.0 Å². The fraction of sp³-hybridized carbons (Fsp3) is 0.591. The van der Waals surface area contributed by atoms with E-state index in [2.05, 4.69) is 14.5 Å². The Bertz CT molecular complexity index is 989. The number of nitrogens with zero attached hydrogens (tertiary/aromatic N) is 5. The fourth-order valence-electron chi connectivity index (χ4n) is 5.21. The molecule has 2 bridgehead atoms. The lowest BCUT2D eigenvalue weighted by Gasteiger charge is -2.42. The Hall–Kier alpha value is -2.45. The van der Waals surface area contributed by atoms with E-state index in [1.54, 1.807) is 11.0 Å². The molecule has 2 aromatic heterocycles. The Morgan fingerprint density at radius 3 is 2.93 bits per heavy atom. The van der Waals surface area contributed by atoms with Gasteiger partial charge < -0.3 is 18.8 Å². The minimum absolute atomic E-state index is 0.130. The van der Waals surface area contributed by atoms with Gasteiger partial charge in [0.2, 0.25) is 0 Å². The molecule has 2 aromatic rings. The number of hydrogen-bond donors (Lipinski definition) is 0. The lowest BCUT2D eigenvalue weighted by atomic mass is 9.83. The average molecular weight is 412 g/mol. The highest BCUT2D eigenvalue weighted by atomic mass is 16.5. The van der Waals surface area contributed by atoms with Gasteiger partial charge in [0.25, 0.3) is 11.5 Å². The van der Waals surface area contributed by atoms with Gasteiger partial charge in [-0.05, 0) is 30.9 Å². The molecule has 5 heterocycles. The summed E-state index contributed by atoms with van der Waals surface area (Å²) in [5.74, 6) is 1.65. The zero-order valence-corrected chi connectivity index (χ0v) is 17.5. The number of hydrogen-bond acceptors (Lipinski definition) is 5. The van der Waals surface area contributed by atoms with Gasteiger partial charge in [-0.15, -0.1) is 0 Å². The molecule has 30 heavy (non-hydrogen) atoms. The van der Waals surface area contributed by atoms with Crippen LogP contribution >= 0.6 is 0 Å². The Balaban J connectivity index is 1.37. The molecule has 1 amide bonds. The maximum absolute atomic E-state index is 13.3. The first-order valence-electron chi connectivity index (χ1n) is 10.9. The van der Waals surface area contributed by atoms with E-state index in [4.69, 9.17) is 4.74 Å². The molecule has 0 N–H and O–H groups in total. The van der Waals surface area contributed by atoms with Crippen LogP contribution in [0.15, 0.2) is 29.3 Å². The van der Waals surface area contributed by atoms with Crippen molar-refractivity contribution in [3.63, 3.8) is 0 Å². The van der Waals surface area contributed by atoms with Gasteiger partial charge in [-0.1, -0.05) is 0 Å². The van der Waals surface area contributed by atoms with Crippen LogP contribution in [0.4, 0.5) is 0 Å². The van der Waals surface area contributed by atoms with Crippen molar-refractivity contribution in [3.05, 3.63) is 52.0 Å². The monoisotopic (exact) mass is 411 g/mol. The van der Waals surface area contributed by atoms with Gasteiger partial charge in [-0.3, -0.25) is 14.5 Å². The van der Waals surface area contributed by atoms with Crippen LogP contribution in [0.3, 0.4) is 0 Å². The third-order valence-corrected chi connectivity index (χ3v) is 6.71. The second-order valence-corrected chi connectivity index (χ2v) is 8.79. The van der Waals surface area contributed by atoms with Gasteiger partial charge in [0.15, 0.2) is 0 Å². The molecular weight excluding hydrogens is 382 g/mol. The normalized spacial score (nSPS) is 24.4. The molecule has 2 saturated heterocycles. The predicted molar refractivity (Wildman–Crippen MR) is 111 cm³/mol. The Kier molecular flexibility index (Phi) is 5.20. The second-order valence-electron chi connectivity index (χ2n) is 8.79. The van der Waals surface area contributed by atoms with E-state index < -0.39 is 0 Å². The molecule has 0 saturated carbocycles. The SMILES string of the molecule is Cn1ccnc1CN1C[C@@H]2C[C@H](C1)c1ccc(C(=O)N3CCCOCC3)c(=O)n1C2. The maximum atomic E-state index is 13.3. The van der Waals surface area contributed by atoms with E-state index in [9.17, 15) is 9.59 Å². The van der Waals surface area contributed by atoms with Crippen LogP contribution in [0.1, 0.15) is 40.6 Å². The van der Waals surface area contributed by atoms with Crippen LogP contribution in [0.25, 0.3) is 0 Å². The number of rotatable bonds is 3. The summed E-state index contributed by atoms with van der Waals surface area (Å²) in [5, 5.41) is 0. The number of ether oxygens (including phenoxy) is 1. The van der Waals surface area contributed by atoms with E-state index in [1.165, 1.54) is 0 Å². The summed E-state index contributed by atoms with van der Waals surface area (Å²) in [4.78, 5) is 34.9. The maximum Gasteiger partial charge on any atom is 0.263 e. The van der Waals surface area contributed by atoms with E-state index >= 15 is 0 Å². The van der Waals surface area contributed by atoms with Crippen molar-refractivity contribution in [1.82, 2.24) is 23.9 Å². The number of amides is 1. The first-order chi connectivity index (χ1) is 14.6. The smallest absolute Gasteiger partial charge is 0.263 e. The van der Waals surface area contributed by atoms with Gasteiger partial charge in [-0.25, -0.2) is 4.98 Å². The number of carbonyl (C=O) groups excluding carboxylic acids is 1. The number of pyridine rings is 1. The highest BCUT2D eigenvalue weighted by molar-refractivity contribution is 5.94. The summed E-state index contributed by atoms with van der Waals surface area (Å²) in [5.41, 5.74) is 1.23. The average Bonchev–Trinajstić information content (AvgIpc) is 2.97. The molecule has 0 spiro atoms. The van der Waals surface area contributed by atoms with Crippen molar-refractivity contribution in [3.8, 4) is 0 Å². The molecule has 0 aromatic carbocycles. The zero-order chi connectivity index (χ0) is 20.7. The minimum Gasteiger partial charge on any atom is -0.380 e. The summed E-state index contributed by atoms with van der Waals surface area (Å²) >= 11 is 0. The van der Waals surface area contributed by atoms with E-state index in [-0.39, 0.29) is 11.5 Å². The van der Waals surface area contributed by atoms with E-state index in [1.807, 2.05) is 30.1 Å². The molecule has 3 aliphatic heterocycles. The summed E-state index contributed by atoms with van der Waals surface area (Å²) in [7, 11) is 2.02. The molecule has 8 nitrogen and oxygen atoms in total. The molecule has 8 heteroatoms. The zero-order valence-electron chi connectivity index (χ0n) is 17.5. The third kappa shape index (κ3) is 3.58. The van der Waals surface area contributed by atoms with Gasteiger partial charge in [0, 0.05) is 70.4 Å². The van der Waals surface area contributed by atoms with Gasteiger partial charge in [0.05, 0.1) is 13.2 Å². The lowest BCUT2D eigenvalue weighted by molar-refractivity contribution is 0.0736. The largest absolute Gasteiger partial charge is 0.380 e. The third-order valence-electron chi connectivity index (χ3n) is 6.71. The van der Waals surface area contributed by atoms with Gasteiger partial charge >= 0.3 is 0 Å². The van der Waals surface area contributed by atoms with E-state index in [0.717, 1.165) is 44.0 Å². The number of aryl methyl sites for hydroxylation is 1. The van der Waals surface area contributed by atoms with Gasteiger partial charge in [0.1, 0.15) is 11.4 Å². The first kappa shape index (κ1) is 19.5. The summed E-state index contributed by atoms with van der Waals surface area (Å²) < 4.78 is 9.39. The minimum atomic E-state index is -0.159. The molecule has 5 rings (SSSR count). The van der Waals surface area contributed by atoms with Crippen molar-refractivity contribution in [2.45, 2.75) is 31.8 Å². The number of piperidine rings is 1. The second kappa shape index (κ2) is 8.00. The Labute approximate surface area is 176 Å². The highest BCUT2D eigenvalue weighted by Crippen LogP contribution is 2.35. The summed E-state index contributed by atoms with van der Waals surface area (Å²) in [6.07, 6.45) is 5.73. The molecule has 0 unspecified atom stereocenters. The summed E-state index contributed by atoms with van der Waals surface area (Å²) in [6.45, 7) is 5.79. The van der Waals surface area contributed by atoms with Crippen molar-refractivity contribution in [1.29, 1.82) is 0 Å². The van der Waals surface area contributed by atoms with Crippen LogP contribution in [0.2, 0.25) is 0 Å². The quantitative estimate of drug-likeness (QED) is 0.755. The number of likely N-dealkylation sites (tertiary alicyclic amines) is 1. The van der Waals surface area contributed by atoms with Crippen LogP contribution in [-0.4, -0.2) is 69.2 Å².